The van der Waals surface area contributed by atoms with Crippen LogP contribution in [0, 0.1) is 5.41 Å². The molecule has 0 radical (unpaired) electrons. The van der Waals surface area contributed by atoms with Gasteiger partial charge in [-0.1, -0.05) is 40.0 Å². The number of hydrogen-bond donors (Lipinski definition) is 0. The highest BCUT2D eigenvalue weighted by Gasteiger charge is 2.22. The normalized spacial score (nSPS) is 17.9. The second-order valence-electron chi connectivity index (χ2n) is 4.35. The van der Waals surface area contributed by atoms with Crippen molar-refractivity contribution in [2.75, 3.05) is 0 Å². The Hall–Kier alpha value is -1.11. The molecule has 0 aromatic heterocycles. The van der Waals surface area contributed by atoms with E-state index in [4.69, 9.17) is 0 Å². The SMILES string of the molecule is C=CC1=CCC(=C)C(C(C)(C)C)=N1. The smallest absolute Gasteiger partial charge is 0.0590 e. The Morgan fingerprint density at radius 1 is 1.46 bits per heavy atom. The fourth-order valence-corrected chi connectivity index (χ4v) is 1.41. The quantitative estimate of drug-likeness (QED) is 0.578. The van der Waals surface area contributed by atoms with Crippen LogP contribution in [0.25, 0.3) is 0 Å². The predicted octanol–water partition coefficient (Wildman–Crippen LogP) is 3.50. The summed E-state index contributed by atoms with van der Waals surface area (Å²) >= 11 is 0. The maximum atomic E-state index is 4.51. The van der Waals surface area contributed by atoms with Gasteiger partial charge in [0.15, 0.2) is 0 Å². The van der Waals surface area contributed by atoms with Crippen molar-refractivity contribution in [1.29, 1.82) is 0 Å². The third-order valence-electron chi connectivity index (χ3n) is 2.05. The summed E-state index contributed by atoms with van der Waals surface area (Å²) < 4.78 is 0. The molecule has 0 fully saturated rings. The summed E-state index contributed by atoms with van der Waals surface area (Å²) in [5.41, 5.74) is 3.28. The molecule has 1 nitrogen and oxygen atoms in total. The Morgan fingerprint density at radius 2 is 2.08 bits per heavy atom. The number of rotatable bonds is 1. The van der Waals surface area contributed by atoms with Crippen molar-refractivity contribution in [2.24, 2.45) is 10.4 Å². The van der Waals surface area contributed by atoms with Gasteiger partial charge in [0.1, 0.15) is 0 Å². The van der Waals surface area contributed by atoms with Crippen LogP contribution in [-0.2, 0) is 0 Å². The average molecular weight is 175 g/mol. The maximum Gasteiger partial charge on any atom is 0.0590 e. The highest BCUT2D eigenvalue weighted by atomic mass is 14.8. The number of aliphatic imine (C=N–C) groups is 1. The van der Waals surface area contributed by atoms with E-state index in [1.807, 2.05) is 0 Å². The van der Waals surface area contributed by atoms with E-state index in [9.17, 15) is 0 Å². The summed E-state index contributed by atoms with van der Waals surface area (Å²) in [4.78, 5) is 4.51. The molecule has 0 bridgehead atoms. The highest BCUT2D eigenvalue weighted by Crippen LogP contribution is 2.27. The van der Waals surface area contributed by atoms with Gasteiger partial charge in [0.2, 0.25) is 0 Å². The monoisotopic (exact) mass is 175 g/mol. The van der Waals surface area contributed by atoms with Crippen molar-refractivity contribution in [1.82, 2.24) is 0 Å². The molecule has 0 spiro atoms. The minimum atomic E-state index is 0.0829. The van der Waals surface area contributed by atoms with Gasteiger partial charge in [-0.25, -0.2) is 0 Å². The molecule has 1 aliphatic heterocycles. The van der Waals surface area contributed by atoms with Gasteiger partial charge in [-0.05, 0) is 18.1 Å². The van der Waals surface area contributed by atoms with Crippen LogP contribution < -0.4 is 0 Å². The molecular formula is C12H17N. The molecule has 1 heterocycles. The Bertz CT molecular complexity index is 298. The minimum absolute atomic E-state index is 0.0829. The summed E-state index contributed by atoms with van der Waals surface area (Å²) in [6.07, 6.45) is 4.75. The van der Waals surface area contributed by atoms with Crippen molar-refractivity contribution in [3.05, 3.63) is 36.6 Å². The lowest BCUT2D eigenvalue weighted by molar-refractivity contribution is 0.588. The molecule has 0 saturated carbocycles. The standard InChI is InChI=1S/C12H17N/c1-6-10-8-7-9(2)11(13-10)12(3,4)5/h6,8H,1-2,7H2,3-5H3. The first-order chi connectivity index (χ1) is 5.95. The van der Waals surface area contributed by atoms with Gasteiger partial charge in [-0.15, -0.1) is 0 Å². The van der Waals surface area contributed by atoms with E-state index < -0.39 is 0 Å². The summed E-state index contributed by atoms with van der Waals surface area (Å²) in [5, 5.41) is 0. The van der Waals surface area contributed by atoms with Crippen LogP contribution in [0.5, 0.6) is 0 Å². The van der Waals surface area contributed by atoms with Crippen molar-refractivity contribution in [3.63, 3.8) is 0 Å². The minimum Gasteiger partial charge on any atom is -0.253 e. The number of allylic oxidation sites excluding steroid dienone is 3. The van der Waals surface area contributed by atoms with Crippen LogP contribution in [0.4, 0.5) is 0 Å². The topological polar surface area (TPSA) is 12.4 Å². The summed E-state index contributed by atoms with van der Waals surface area (Å²) in [6, 6.07) is 0. The lowest BCUT2D eigenvalue weighted by Crippen LogP contribution is -2.23. The summed E-state index contributed by atoms with van der Waals surface area (Å²) in [7, 11) is 0. The Labute approximate surface area is 80.6 Å². The zero-order valence-corrected chi connectivity index (χ0v) is 8.72. The molecular weight excluding hydrogens is 158 g/mol. The van der Waals surface area contributed by atoms with E-state index in [1.165, 1.54) is 0 Å². The van der Waals surface area contributed by atoms with Gasteiger partial charge in [0.25, 0.3) is 0 Å². The van der Waals surface area contributed by atoms with E-state index >= 15 is 0 Å². The molecule has 0 aliphatic carbocycles. The zero-order chi connectivity index (χ0) is 10.1. The molecule has 1 aliphatic rings. The first-order valence-electron chi connectivity index (χ1n) is 4.55. The Balaban J connectivity index is 3.06. The van der Waals surface area contributed by atoms with Gasteiger partial charge >= 0.3 is 0 Å². The van der Waals surface area contributed by atoms with Gasteiger partial charge in [-0.2, -0.15) is 0 Å². The molecule has 1 heteroatoms. The van der Waals surface area contributed by atoms with Crippen molar-refractivity contribution in [2.45, 2.75) is 27.2 Å². The van der Waals surface area contributed by atoms with E-state index in [-0.39, 0.29) is 5.41 Å². The molecule has 0 unspecified atom stereocenters. The van der Waals surface area contributed by atoms with Gasteiger partial charge in [0.05, 0.1) is 5.70 Å². The molecule has 0 aromatic rings. The Morgan fingerprint density at radius 3 is 2.54 bits per heavy atom. The number of nitrogens with zero attached hydrogens (tertiary/aromatic N) is 1. The highest BCUT2D eigenvalue weighted by molar-refractivity contribution is 6.04. The molecule has 0 amide bonds. The summed E-state index contributed by atoms with van der Waals surface area (Å²) in [6.45, 7) is 14.2. The third-order valence-corrected chi connectivity index (χ3v) is 2.05. The molecule has 0 aromatic carbocycles. The maximum absolute atomic E-state index is 4.51. The average Bonchev–Trinajstić information content (AvgIpc) is 2.03. The van der Waals surface area contributed by atoms with Gasteiger partial charge in [0, 0.05) is 11.1 Å². The first kappa shape index (κ1) is 9.97. The first-order valence-corrected chi connectivity index (χ1v) is 4.55. The second kappa shape index (κ2) is 3.33. The molecule has 13 heavy (non-hydrogen) atoms. The van der Waals surface area contributed by atoms with Gasteiger partial charge in [-0.3, -0.25) is 4.99 Å². The van der Waals surface area contributed by atoms with Crippen molar-refractivity contribution in [3.8, 4) is 0 Å². The van der Waals surface area contributed by atoms with Gasteiger partial charge < -0.3 is 0 Å². The van der Waals surface area contributed by atoms with Crippen molar-refractivity contribution < 1.29 is 0 Å². The molecule has 0 atom stereocenters. The van der Waals surface area contributed by atoms with Crippen LogP contribution >= 0.6 is 0 Å². The fraction of sp³-hybridized carbons (Fsp3) is 0.417. The van der Waals surface area contributed by atoms with E-state index in [0.717, 1.165) is 23.4 Å². The second-order valence-corrected chi connectivity index (χ2v) is 4.35. The third kappa shape index (κ3) is 2.18. The lowest BCUT2D eigenvalue weighted by atomic mass is 9.83. The largest absolute Gasteiger partial charge is 0.253 e. The molecule has 0 N–H and O–H groups in total. The number of hydrogen-bond acceptors (Lipinski definition) is 1. The van der Waals surface area contributed by atoms with Crippen LogP contribution in [0.3, 0.4) is 0 Å². The summed E-state index contributed by atoms with van der Waals surface area (Å²) in [5.74, 6) is 0. The fourth-order valence-electron chi connectivity index (χ4n) is 1.41. The molecule has 0 saturated heterocycles. The van der Waals surface area contributed by atoms with Crippen LogP contribution in [0.2, 0.25) is 0 Å². The zero-order valence-electron chi connectivity index (χ0n) is 8.72. The van der Waals surface area contributed by atoms with E-state index in [1.54, 1.807) is 6.08 Å². The lowest BCUT2D eigenvalue weighted by Gasteiger charge is -2.25. The van der Waals surface area contributed by atoms with Crippen molar-refractivity contribution >= 4 is 5.71 Å². The van der Waals surface area contributed by atoms with E-state index in [0.29, 0.717) is 0 Å². The molecule has 70 valence electrons. The molecule has 1 rings (SSSR count). The predicted molar refractivity (Wildman–Crippen MR) is 58.9 cm³/mol. The van der Waals surface area contributed by atoms with Crippen LogP contribution in [0.1, 0.15) is 27.2 Å². The van der Waals surface area contributed by atoms with Crippen LogP contribution in [0.15, 0.2) is 41.6 Å². The van der Waals surface area contributed by atoms with Crippen LogP contribution in [-0.4, -0.2) is 5.71 Å². The van der Waals surface area contributed by atoms with E-state index in [2.05, 4.69) is 45.0 Å². The Kier molecular flexibility index (Phi) is 2.55.